The van der Waals surface area contributed by atoms with Gasteiger partial charge in [-0.2, -0.15) is 0 Å². The van der Waals surface area contributed by atoms with Gasteiger partial charge in [-0.05, 0) is 46.3 Å². The Kier molecular flexibility index (Phi) is 5.46. The van der Waals surface area contributed by atoms with E-state index in [1.54, 1.807) is 12.0 Å². The minimum Gasteiger partial charge on any atom is -0.496 e. The highest BCUT2D eigenvalue weighted by Gasteiger charge is 2.21. The van der Waals surface area contributed by atoms with Crippen molar-refractivity contribution in [2.24, 2.45) is 0 Å². The standard InChI is InChI=1S/C18H20BrClN2O/c1-23-18-7-6-14(12-15(18)19)13-21-8-10-22(11-9-21)17-5-3-2-4-16(17)20/h2-7,12H,8-11,13H2,1H3/p+1. The van der Waals surface area contributed by atoms with Gasteiger partial charge in [-0.25, -0.2) is 0 Å². The Hall–Kier alpha value is -1.23. The highest BCUT2D eigenvalue weighted by atomic mass is 79.9. The fourth-order valence-electron chi connectivity index (χ4n) is 3.06. The fourth-order valence-corrected chi connectivity index (χ4v) is 3.90. The molecular formula is C18H21BrClN2O+. The maximum Gasteiger partial charge on any atom is 0.133 e. The molecule has 1 heterocycles. The summed E-state index contributed by atoms with van der Waals surface area (Å²) in [6.45, 7) is 5.36. The number of anilines is 1. The van der Waals surface area contributed by atoms with E-state index in [0.29, 0.717) is 0 Å². The Morgan fingerprint density at radius 1 is 1.17 bits per heavy atom. The molecule has 0 atom stereocenters. The summed E-state index contributed by atoms with van der Waals surface area (Å²) < 4.78 is 6.31. The summed E-state index contributed by atoms with van der Waals surface area (Å²) in [7, 11) is 1.69. The van der Waals surface area contributed by atoms with Gasteiger partial charge in [-0.3, -0.25) is 0 Å². The van der Waals surface area contributed by atoms with Crippen LogP contribution in [-0.2, 0) is 6.54 Å². The Morgan fingerprint density at radius 3 is 2.57 bits per heavy atom. The monoisotopic (exact) mass is 395 g/mol. The maximum atomic E-state index is 6.30. The summed E-state index contributed by atoms with van der Waals surface area (Å²) in [5, 5.41) is 0.843. The smallest absolute Gasteiger partial charge is 0.133 e. The van der Waals surface area contributed by atoms with Crippen LogP contribution in [-0.4, -0.2) is 33.3 Å². The molecule has 1 N–H and O–H groups in total. The molecule has 122 valence electrons. The molecule has 0 radical (unpaired) electrons. The molecule has 0 amide bonds. The fraction of sp³-hybridized carbons (Fsp3) is 0.333. The second-order valence-electron chi connectivity index (χ2n) is 5.83. The van der Waals surface area contributed by atoms with Gasteiger partial charge in [0, 0.05) is 5.56 Å². The number of halogens is 2. The Labute approximate surface area is 150 Å². The summed E-state index contributed by atoms with van der Waals surface area (Å²) in [6, 6.07) is 14.4. The number of benzene rings is 2. The van der Waals surface area contributed by atoms with Gasteiger partial charge in [0.15, 0.2) is 0 Å². The van der Waals surface area contributed by atoms with Crippen molar-refractivity contribution >= 4 is 33.2 Å². The highest BCUT2D eigenvalue weighted by Crippen LogP contribution is 2.26. The minimum atomic E-state index is 0.843. The van der Waals surface area contributed by atoms with Gasteiger partial charge >= 0.3 is 0 Å². The lowest BCUT2D eigenvalue weighted by atomic mass is 10.2. The molecule has 1 aliphatic heterocycles. The summed E-state index contributed by atoms with van der Waals surface area (Å²) in [5.74, 6) is 0.882. The van der Waals surface area contributed by atoms with E-state index in [1.165, 1.54) is 5.56 Å². The van der Waals surface area contributed by atoms with Crippen molar-refractivity contribution in [3.8, 4) is 5.75 Å². The van der Waals surface area contributed by atoms with Crippen LogP contribution in [0.2, 0.25) is 5.02 Å². The predicted molar refractivity (Wildman–Crippen MR) is 98.8 cm³/mol. The first-order valence-corrected chi connectivity index (χ1v) is 9.00. The van der Waals surface area contributed by atoms with Crippen molar-refractivity contribution in [1.29, 1.82) is 0 Å². The second-order valence-corrected chi connectivity index (χ2v) is 7.10. The third-order valence-corrected chi connectivity index (χ3v) is 5.27. The molecule has 5 heteroatoms. The van der Waals surface area contributed by atoms with Gasteiger partial charge in [0.1, 0.15) is 12.3 Å². The molecule has 23 heavy (non-hydrogen) atoms. The lowest BCUT2D eigenvalue weighted by Gasteiger charge is -2.34. The molecule has 0 aromatic heterocycles. The van der Waals surface area contributed by atoms with Crippen LogP contribution in [0.25, 0.3) is 0 Å². The average Bonchev–Trinajstić information content (AvgIpc) is 2.56. The summed E-state index contributed by atoms with van der Waals surface area (Å²) in [5.41, 5.74) is 2.49. The van der Waals surface area contributed by atoms with Gasteiger partial charge in [-0.1, -0.05) is 23.7 Å². The van der Waals surface area contributed by atoms with Crippen LogP contribution < -0.4 is 14.5 Å². The highest BCUT2D eigenvalue weighted by molar-refractivity contribution is 9.10. The number of ether oxygens (including phenoxy) is 1. The van der Waals surface area contributed by atoms with E-state index >= 15 is 0 Å². The lowest BCUT2D eigenvalue weighted by molar-refractivity contribution is -0.914. The minimum absolute atomic E-state index is 0.843. The largest absolute Gasteiger partial charge is 0.496 e. The number of nitrogens with one attached hydrogen (secondary N) is 1. The molecule has 0 spiro atoms. The van der Waals surface area contributed by atoms with Crippen LogP contribution >= 0.6 is 27.5 Å². The van der Waals surface area contributed by atoms with E-state index in [1.807, 2.05) is 18.2 Å². The molecule has 0 bridgehead atoms. The van der Waals surface area contributed by atoms with Gasteiger partial charge in [0.25, 0.3) is 0 Å². The van der Waals surface area contributed by atoms with Gasteiger partial charge in [-0.15, -0.1) is 0 Å². The lowest BCUT2D eigenvalue weighted by Crippen LogP contribution is -3.13. The molecule has 1 saturated heterocycles. The molecule has 0 unspecified atom stereocenters. The number of quaternary nitrogens is 1. The number of para-hydroxylation sites is 1. The topological polar surface area (TPSA) is 16.9 Å². The first-order chi connectivity index (χ1) is 11.2. The number of rotatable bonds is 4. The number of methoxy groups -OCH3 is 1. The SMILES string of the molecule is COc1ccc(C[NH+]2CCN(c3ccccc3Cl)CC2)cc1Br. The molecule has 3 rings (SSSR count). The van der Waals surface area contributed by atoms with Crippen LogP contribution in [0.5, 0.6) is 5.75 Å². The van der Waals surface area contributed by atoms with E-state index in [0.717, 1.165) is 53.7 Å². The van der Waals surface area contributed by atoms with Crippen molar-refractivity contribution in [2.75, 3.05) is 38.2 Å². The number of hydrogen-bond acceptors (Lipinski definition) is 2. The Bertz CT molecular complexity index is 672. The van der Waals surface area contributed by atoms with Crippen LogP contribution in [0.4, 0.5) is 5.69 Å². The molecule has 0 aliphatic carbocycles. The number of hydrogen-bond donors (Lipinski definition) is 1. The summed E-state index contributed by atoms with van der Waals surface area (Å²) in [4.78, 5) is 3.99. The molecule has 1 aliphatic rings. The number of nitrogens with zero attached hydrogens (tertiary/aromatic N) is 1. The summed E-state index contributed by atoms with van der Waals surface area (Å²) in [6.07, 6.45) is 0. The van der Waals surface area contributed by atoms with E-state index in [-0.39, 0.29) is 0 Å². The van der Waals surface area contributed by atoms with Gasteiger partial charge in [0.05, 0.1) is 48.5 Å². The molecule has 0 saturated carbocycles. The molecule has 1 fully saturated rings. The van der Waals surface area contributed by atoms with E-state index < -0.39 is 0 Å². The van der Waals surface area contributed by atoms with Crippen molar-refractivity contribution in [3.63, 3.8) is 0 Å². The molecular weight excluding hydrogens is 376 g/mol. The third-order valence-electron chi connectivity index (χ3n) is 4.33. The summed E-state index contributed by atoms with van der Waals surface area (Å²) >= 11 is 9.87. The van der Waals surface area contributed by atoms with Gasteiger partial charge in [0.2, 0.25) is 0 Å². The van der Waals surface area contributed by atoms with Crippen LogP contribution in [0.15, 0.2) is 46.9 Å². The first kappa shape index (κ1) is 16.6. The van der Waals surface area contributed by atoms with E-state index in [2.05, 4.69) is 45.1 Å². The average molecular weight is 397 g/mol. The normalized spacial score (nSPS) is 15.7. The zero-order valence-electron chi connectivity index (χ0n) is 13.2. The maximum absolute atomic E-state index is 6.30. The molecule has 3 nitrogen and oxygen atoms in total. The van der Waals surface area contributed by atoms with E-state index in [4.69, 9.17) is 16.3 Å². The second kappa shape index (κ2) is 7.56. The Morgan fingerprint density at radius 2 is 1.91 bits per heavy atom. The molecule has 2 aromatic rings. The third kappa shape index (κ3) is 4.00. The van der Waals surface area contributed by atoms with Gasteiger partial charge < -0.3 is 14.5 Å². The van der Waals surface area contributed by atoms with E-state index in [9.17, 15) is 0 Å². The molecule has 2 aromatic carbocycles. The quantitative estimate of drug-likeness (QED) is 0.855. The Balaban J connectivity index is 1.59. The van der Waals surface area contributed by atoms with Crippen molar-refractivity contribution in [2.45, 2.75) is 6.54 Å². The van der Waals surface area contributed by atoms with Crippen LogP contribution in [0, 0.1) is 0 Å². The first-order valence-electron chi connectivity index (χ1n) is 7.83. The zero-order valence-corrected chi connectivity index (χ0v) is 15.5. The van der Waals surface area contributed by atoms with Crippen LogP contribution in [0.1, 0.15) is 5.56 Å². The van der Waals surface area contributed by atoms with Crippen molar-refractivity contribution < 1.29 is 9.64 Å². The predicted octanol–water partition coefficient (Wildman–Crippen LogP) is 3.02. The zero-order chi connectivity index (χ0) is 16.2. The van der Waals surface area contributed by atoms with Crippen molar-refractivity contribution in [3.05, 3.63) is 57.5 Å². The number of piperazine rings is 1. The van der Waals surface area contributed by atoms with Crippen LogP contribution in [0.3, 0.4) is 0 Å². The van der Waals surface area contributed by atoms with Crippen molar-refractivity contribution in [1.82, 2.24) is 0 Å².